The molecule has 1 nitrogen and oxygen atoms in total. The average Bonchev–Trinajstić information content (AvgIpc) is 2.25. The molecule has 0 aliphatic rings. The molecule has 90 valence electrons. The van der Waals surface area contributed by atoms with Crippen molar-refractivity contribution >= 4 is 15.9 Å². The SMILES string of the molecule is CCC(CC)C(N)c1cc(C)c(Br)cc1C. The molecule has 2 N–H and O–H groups in total. The highest BCUT2D eigenvalue weighted by molar-refractivity contribution is 9.10. The minimum absolute atomic E-state index is 0.168. The number of rotatable bonds is 4. The minimum atomic E-state index is 0.168. The van der Waals surface area contributed by atoms with Crippen molar-refractivity contribution in [2.24, 2.45) is 11.7 Å². The predicted octanol–water partition coefficient (Wildman–Crippen LogP) is 4.50. The van der Waals surface area contributed by atoms with Gasteiger partial charge in [-0.25, -0.2) is 0 Å². The molecule has 0 aliphatic heterocycles. The Morgan fingerprint density at radius 1 is 1.12 bits per heavy atom. The summed E-state index contributed by atoms with van der Waals surface area (Å²) in [4.78, 5) is 0. The van der Waals surface area contributed by atoms with Gasteiger partial charge in [-0.1, -0.05) is 48.7 Å². The van der Waals surface area contributed by atoms with Gasteiger partial charge in [-0.15, -0.1) is 0 Å². The second-order valence-electron chi connectivity index (χ2n) is 4.56. The third-order valence-electron chi connectivity index (χ3n) is 3.46. The van der Waals surface area contributed by atoms with Crippen molar-refractivity contribution in [3.63, 3.8) is 0 Å². The molecule has 0 radical (unpaired) electrons. The monoisotopic (exact) mass is 283 g/mol. The van der Waals surface area contributed by atoms with Crippen molar-refractivity contribution < 1.29 is 0 Å². The van der Waals surface area contributed by atoms with E-state index in [9.17, 15) is 0 Å². The Morgan fingerprint density at radius 2 is 1.69 bits per heavy atom. The van der Waals surface area contributed by atoms with Crippen LogP contribution in [0.1, 0.15) is 49.4 Å². The lowest BCUT2D eigenvalue weighted by molar-refractivity contribution is 0.404. The van der Waals surface area contributed by atoms with Gasteiger partial charge in [-0.05, 0) is 42.5 Å². The van der Waals surface area contributed by atoms with Crippen LogP contribution in [0, 0.1) is 19.8 Å². The maximum atomic E-state index is 6.36. The normalized spacial score (nSPS) is 13.2. The predicted molar refractivity (Wildman–Crippen MR) is 74.6 cm³/mol. The van der Waals surface area contributed by atoms with Crippen LogP contribution < -0.4 is 5.73 Å². The molecule has 1 rings (SSSR count). The van der Waals surface area contributed by atoms with E-state index in [1.54, 1.807) is 0 Å². The molecule has 0 bridgehead atoms. The first-order valence-electron chi connectivity index (χ1n) is 6.03. The number of nitrogens with two attached hydrogens (primary N) is 1. The molecule has 0 aliphatic carbocycles. The van der Waals surface area contributed by atoms with Crippen LogP contribution in [0.2, 0.25) is 0 Å². The zero-order valence-electron chi connectivity index (χ0n) is 10.7. The Hall–Kier alpha value is -0.340. The first-order valence-corrected chi connectivity index (χ1v) is 6.82. The Balaban J connectivity index is 3.07. The van der Waals surface area contributed by atoms with E-state index in [-0.39, 0.29) is 6.04 Å². The highest BCUT2D eigenvalue weighted by atomic mass is 79.9. The molecule has 0 saturated heterocycles. The lowest BCUT2D eigenvalue weighted by atomic mass is 9.87. The summed E-state index contributed by atoms with van der Waals surface area (Å²) >= 11 is 3.56. The fourth-order valence-electron chi connectivity index (χ4n) is 2.21. The van der Waals surface area contributed by atoms with Gasteiger partial charge in [0.25, 0.3) is 0 Å². The Kier molecular flexibility index (Phi) is 5.00. The molecule has 1 aromatic carbocycles. The lowest BCUT2D eigenvalue weighted by Gasteiger charge is -2.24. The Bertz CT molecular complexity index is 356. The third kappa shape index (κ3) is 2.86. The molecule has 0 amide bonds. The summed E-state index contributed by atoms with van der Waals surface area (Å²) in [6, 6.07) is 4.57. The van der Waals surface area contributed by atoms with E-state index in [1.165, 1.54) is 21.2 Å². The van der Waals surface area contributed by atoms with E-state index in [4.69, 9.17) is 5.73 Å². The van der Waals surface area contributed by atoms with Crippen LogP contribution in [0.5, 0.6) is 0 Å². The van der Waals surface area contributed by atoms with Crippen LogP contribution in [0.3, 0.4) is 0 Å². The van der Waals surface area contributed by atoms with Gasteiger partial charge in [0.05, 0.1) is 0 Å². The average molecular weight is 284 g/mol. The lowest BCUT2D eigenvalue weighted by Crippen LogP contribution is -2.21. The summed E-state index contributed by atoms with van der Waals surface area (Å²) in [5.41, 5.74) is 10.2. The van der Waals surface area contributed by atoms with Gasteiger partial charge in [0.15, 0.2) is 0 Å². The molecule has 0 heterocycles. The molecular formula is C14H22BrN. The van der Waals surface area contributed by atoms with E-state index in [0.29, 0.717) is 5.92 Å². The van der Waals surface area contributed by atoms with Crippen LogP contribution in [-0.2, 0) is 0 Å². The van der Waals surface area contributed by atoms with Crippen molar-refractivity contribution in [2.75, 3.05) is 0 Å². The van der Waals surface area contributed by atoms with E-state index in [2.05, 4.69) is 55.8 Å². The van der Waals surface area contributed by atoms with Gasteiger partial charge in [-0.2, -0.15) is 0 Å². The van der Waals surface area contributed by atoms with Crippen molar-refractivity contribution in [3.05, 3.63) is 33.3 Å². The van der Waals surface area contributed by atoms with Crippen LogP contribution in [0.4, 0.5) is 0 Å². The Labute approximate surface area is 108 Å². The largest absolute Gasteiger partial charge is 0.324 e. The highest BCUT2D eigenvalue weighted by Crippen LogP contribution is 2.30. The molecule has 0 spiro atoms. The van der Waals surface area contributed by atoms with E-state index in [0.717, 1.165) is 12.8 Å². The molecule has 1 unspecified atom stereocenters. The number of benzene rings is 1. The van der Waals surface area contributed by atoms with Crippen LogP contribution in [0.25, 0.3) is 0 Å². The summed E-state index contributed by atoms with van der Waals surface area (Å²) < 4.78 is 1.17. The van der Waals surface area contributed by atoms with Gasteiger partial charge in [0.2, 0.25) is 0 Å². The maximum Gasteiger partial charge on any atom is 0.0326 e. The zero-order valence-corrected chi connectivity index (χ0v) is 12.3. The standard InChI is InChI=1S/C14H22BrN/c1-5-11(6-2)14(16)12-7-10(4)13(15)8-9(12)3/h7-8,11,14H,5-6,16H2,1-4H3. The summed E-state index contributed by atoms with van der Waals surface area (Å²) in [7, 11) is 0. The van der Waals surface area contributed by atoms with E-state index >= 15 is 0 Å². The minimum Gasteiger partial charge on any atom is -0.324 e. The molecule has 1 aromatic rings. The van der Waals surface area contributed by atoms with Crippen molar-refractivity contribution in [1.29, 1.82) is 0 Å². The second kappa shape index (κ2) is 5.83. The summed E-state index contributed by atoms with van der Waals surface area (Å²) in [6.45, 7) is 8.69. The topological polar surface area (TPSA) is 26.0 Å². The van der Waals surface area contributed by atoms with Crippen LogP contribution in [-0.4, -0.2) is 0 Å². The number of aryl methyl sites for hydroxylation is 2. The number of halogens is 1. The first-order chi connectivity index (χ1) is 7.51. The van der Waals surface area contributed by atoms with Gasteiger partial charge in [0, 0.05) is 10.5 Å². The summed E-state index contributed by atoms with van der Waals surface area (Å²) in [6.07, 6.45) is 2.29. The van der Waals surface area contributed by atoms with E-state index in [1.807, 2.05) is 0 Å². The molecule has 16 heavy (non-hydrogen) atoms. The van der Waals surface area contributed by atoms with Gasteiger partial charge in [-0.3, -0.25) is 0 Å². The zero-order chi connectivity index (χ0) is 12.3. The smallest absolute Gasteiger partial charge is 0.0326 e. The number of hydrogen-bond acceptors (Lipinski definition) is 1. The fourth-order valence-corrected chi connectivity index (χ4v) is 2.67. The molecular weight excluding hydrogens is 262 g/mol. The third-order valence-corrected chi connectivity index (χ3v) is 4.32. The second-order valence-corrected chi connectivity index (χ2v) is 5.41. The van der Waals surface area contributed by atoms with Crippen LogP contribution in [0.15, 0.2) is 16.6 Å². The van der Waals surface area contributed by atoms with Gasteiger partial charge in [0.1, 0.15) is 0 Å². The van der Waals surface area contributed by atoms with Crippen molar-refractivity contribution in [1.82, 2.24) is 0 Å². The van der Waals surface area contributed by atoms with Gasteiger partial charge >= 0.3 is 0 Å². The molecule has 0 aromatic heterocycles. The van der Waals surface area contributed by atoms with Gasteiger partial charge < -0.3 is 5.73 Å². The molecule has 0 fully saturated rings. The maximum absolute atomic E-state index is 6.36. The fraction of sp³-hybridized carbons (Fsp3) is 0.571. The summed E-state index contributed by atoms with van der Waals surface area (Å²) in [5, 5.41) is 0. The Morgan fingerprint density at radius 3 is 2.19 bits per heavy atom. The van der Waals surface area contributed by atoms with Crippen molar-refractivity contribution in [2.45, 2.75) is 46.6 Å². The molecule has 1 atom stereocenters. The molecule has 2 heteroatoms. The first kappa shape index (κ1) is 13.7. The molecule has 0 saturated carbocycles. The summed E-state index contributed by atoms with van der Waals surface area (Å²) in [5.74, 6) is 0.583. The quantitative estimate of drug-likeness (QED) is 0.865. The van der Waals surface area contributed by atoms with E-state index < -0.39 is 0 Å². The van der Waals surface area contributed by atoms with Crippen LogP contribution >= 0.6 is 15.9 Å². The highest BCUT2D eigenvalue weighted by Gasteiger charge is 2.18. The number of hydrogen-bond donors (Lipinski definition) is 1. The van der Waals surface area contributed by atoms with Crippen molar-refractivity contribution in [3.8, 4) is 0 Å².